The standard InChI is InChI=1S/C14H9Br3O3/c15-10-5-11(16)13(12(17)6-10)20-7-8-2-1-3-9(4-8)14(18)19/h1-6H,7H2,(H,18,19). The first kappa shape index (κ1) is 15.5. The molecule has 2 aromatic carbocycles. The lowest BCUT2D eigenvalue weighted by Gasteiger charge is -2.11. The fourth-order valence-corrected chi connectivity index (χ4v) is 4.10. The summed E-state index contributed by atoms with van der Waals surface area (Å²) >= 11 is 10.2. The van der Waals surface area contributed by atoms with Crippen molar-refractivity contribution in [3.63, 3.8) is 0 Å². The average molecular weight is 465 g/mol. The number of hydrogen-bond donors (Lipinski definition) is 1. The smallest absolute Gasteiger partial charge is 0.335 e. The molecule has 0 radical (unpaired) electrons. The molecule has 0 aromatic heterocycles. The summed E-state index contributed by atoms with van der Waals surface area (Å²) in [7, 11) is 0. The summed E-state index contributed by atoms with van der Waals surface area (Å²) in [6.07, 6.45) is 0. The molecule has 104 valence electrons. The zero-order valence-electron chi connectivity index (χ0n) is 10.1. The van der Waals surface area contributed by atoms with E-state index < -0.39 is 5.97 Å². The quantitative estimate of drug-likeness (QED) is 0.672. The van der Waals surface area contributed by atoms with E-state index in [0.717, 1.165) is 19.0 Å². The van der Waals surface area contributed by atoms with Crippen LogP contribution in [0, 0.1) is 0 Å². The minimum atomic E-state index is -0.946. The van der Waals surface area contributed by atoms with E-state index in [-0.39, 0.29) is 5.56 Å². The summed E-state index contributed by atoms with van der Waals surface area (Å²) in [4.78, 5) is 10.9. The highest BCUT2D eigenvalue weighted by atomic mass is 79.9. The predicted octanol–water partition coefficient (Wildman–Crippen LogP) is 5.25. The Bertz CT molecular complexity index is 633. The molecule has 0 saturated carbocycles. The number of hydrogen-bond acceptors (Lipinski definition) is 2. The number of carboxylic acids is 1. The lowest BCUT2D eigenvalue weighted by atomic mass is 10.1. The lowest BCUT2D eigenvalue weighted by molar-refractivity contribution is 0.0696. The van der Waals surface area contributed by atoms with Gasteiger partial charge in [0.1, 0.15) is 12.4 Å². The average Bonchev–Trinajstić information content (AvgIpc) is 2.37. The summed E-state index contributed by atoms with van der Waals surface area (Å²) < 4.78 is 8.29. The second-order valence-electron chi connectivity index (χ2n) is 3.99. The van der Waals surface area contributed by atoms with E-state index in [1.165, 1.54) is 0 Å². The minimum Gasteiger partial charge on any atom is -0.487 e. The van der Waals surface area contributed by atoms with Gasteiger partial charge in [-0.3, -0.25) is 0 Å². The molecule has 0 bridgehead atoms. The predicted molar refractivity (Wildman–Crippen MR) is 87.3 cm³/mol. The van der Waals surface area contributed by atoms with Gasteiger partial charge in [-0.15, -0.1) is 0 Å². The maximum Gasteiger partial charge on any atom is 0.335 e. The molecule has 2 rings (SSSR count). The van der Waals surface area contributed by atoms with E-state index in [1.54, 1.807) is 18.2 Å². The molecule has 0 atom stereocenters. The Morgan fingerprint density at radius 3 is 2.35 bits per heavy atom. The van der Waals surface area contributed by atoms with Gasteiger partial charge in [0, 0.05) is 4.47 Å². The van der Waals surface area contributed by atoms with Gasteiger partial charge in [-0.1, -0.05) is 28.1 Å². The number of rotatable bonds is 4. The molecule has 2 aromatic rings. The third kappa shape index (κ3) is 3.84. The van der Waals surface area contributed by atoms with Crippen LogP contribution < -0.4 is 4.74 Å². The van der Waals surface area contributed by atoms with Crippen LogP contribution in [0.15, 0.2) is 49.8 Å². The molecule has 6 heteroatoms. The molecule has 3 nitrogen and oxygen atoms in total. The highest BCUT2D eigenvalue weighted by Gasteiger charge is 2.09. The van der Waals surface area contributed by atoms with E-state index >= 15 is 0 Å². The van der Waals surface area contributed by atoms with Gasteiger partial charge in [0.15, 0.2) is 0 Å². The van der Waals surface area contributed by atoms with Crippen molar-refractivity contribution in [3.8, 4) is 5.75 Å². The summed E-state index contributed by atoms with van der Waals surface area (Å²) in [5.41, 5.74) is 1.05. The number of benzene rings is 2. The molecule has 0 unspecified atom stereocenters. The van der Waals surface area contributed by atoms with E-state index in [0.29, 0.717) is 12.4 Å². The zero-order valence-corrected chi connectivity index (χ0v) is 14.8. The number of carboxylic acid groups (broad SMARTS) is 1. The normalized spacial score (nSPS) is 10.3. The van der Waals surface area contributed by atoms with Gasteiger partial charge in [0.05, 0.1) is 14.5 Å². The van der Waals surface area contributed by atoms with Crippen LogP contribution in [-0.2, 0) is 6.61 Å². The van der Waals surface area contributed by atoms with Crippen molar-refractivity contribution >= 4 is 53.8 Å². The third-order valence-corrected chi connectivity index (χ3v) is 4.16. The topological polar surface area (TPSA) is 46.5 Å². The van der Waals surface area contributed by atoms with Crippen LogP contribution in [0.5, 0.6) is 5.75 Å². The lowest BCUT2D eigenvalue weighted by Crippen LogP contribution is -2.01. The van der Waals surface area contributed by atoms with Crippen molar-refractivity contribution in [1.29, 1.82) is 0 Å². The highest BCUT2D eigenvalue weighted by Crippen LogP contribution is 2.36. The maximum atomic E-state index is 10.9. The Balaban J connectivity index is 2.17. The maximum absolute atomic E-state index is 10.9. The molecular weight excluding hydrogens is 456 g/mol. The Hall–Kier alpha value is -0.850. The summed E-state index contributed by atoms with van der Waals surface area (Å²) in [5, 5.41) is 8.95. The monoisotopic (exact) mass is 462 g/mol. The fraction of sp³-hybridized carbons (Fsp3) is 0.0714. The van der Waals surface area contributed by atoms with Crippen molar-refractivity contribution < 1.29 is 14.6 Å². The van der Waals surface area contributed by atoms with Crippen LogP contribution in [-0.4, -0.2) is 11.1 Å². The SMILES string of the molecule is O=C(O)c1cccc(COc2c(Br)cc(Br)cc2Br)c1. The van der Waals surface area contributed by atoms with Gasteiger partial charge in [-0.2, -0.15) is 0 Å². The third-order valence-electron chi connectivity index (χ3n) is 2.52. The molecular formula is C14H9Br3O3. The van der Waals surface area contributed by atoms with Crippen molar-refractivity contribution in [1.82, 2.24) is 0 Å². The van der Waals surface area contributed by atoms with Crippen LogP contribution in [0.2, 0.25) is 0 Å². The van der Waals surface area contributed by atoms with Gasteiger partial charge < -0.3 is 9.84 Å². The summed E-state index contributed by atoms with van der Waals surface area (Å²) in [6.45, 7) is 0.292. The molecule has 0 aliphatic rings. The molecule has 0 spiro atoms. The van der Waals surface area contributed by atoms with Crippen molar-refractivity contribution in [2.75, 3.05) is 0 Å². The Labute approximate surface area is 141 Å². The largest absolute Gasteiger partial charge is 0.487 e. The zero-order chi connectivity index (χ0) is 14.7. The van der Waals surface area contributed by atoms with Crippen LogP contribution in [0.4, 0.5) is 0 Å². The van der Waals surface area contributed by atoms with Crippen LogP contribution >= 0.6 is 47.8 Å². The van der Waals surface area contributed by atoms with Gasteiger partial charge in [0.25, 0.3) is 0 Å². The van der Waals surface area contributed by atoms with E-state index in [9.17, 15) is 4.79 Å². The first-order chi connectivity index (χ1) is 9.47. The van der Waals surface area contributed by atoms with Crippen LogP contribution in [0.25, 0.3) is 0 Å². The number of carbonyl (C=O) groups is 1. The number of halogens is 3. The summed E-state index contributed by atoms with van der Waals surface area (Å²) in [6, 6.07) is 10.4. The van der Waals surface area contributed by atoms with E-state index in [4.69, 9.17) is 9.84 Å². The molecule has 0 amide bonds. The number of ether oxygens (including phenoxy) is 1. The fourth-order valence-electron chi connectivity index (χ4n) is 1.62. The molecule has 0 aliphatic heterocycles. The molecule has 0 heterocycles. The van der Waals surface area contributed by atoms with E-state index in [2.05, 4.69) is 47.8 Å². The Morgan fingerprint density at radius 1 is 1.10 bits per heavy atom. The van der Waals surface area contributed by atoms with Crippen molar-refractivity contribution in [2.24, 2.45) is 0 Å². The second-order valence-corrected chi connectivity index (χ2v) is 6.62. The Kier molecular flexibility index (Phi) is 5.23. The Morgan fingerprint density at radius 2 is 1.75 bits per heavy atom. The van der Waals surface area contributed by atoms with Crippen LogP contribution in [0.1, 0.15) is 15.9 Å². The first-order valence-corrected chi connectivity index (χ1v) is 7.95. The minimum absolute atomic E-state index is 0.250. The molecule has 1 N–H and O–H groups in total. The van der Waals surface area contributed by atoms with Gasteiger partial charge >= 0.3 is 5.97 Å². The van der Waals surface area contributed by atoms with Gasteiger partial charge in [0.2, 0.25) is 0 Å². The second kappa shape index (κ2) is 6.74. The van der Waals surface area contributed by atoms with E-state index in [1.807, 2.05) is 18.2 Å². The van der Waals surface area contributed by atoms with Crippen molar-refractivity contribution in [3.05, 3.63) is 60.9 Å². The van der Waals surface area contributed by atoms with Crippen LogP contribution in [0.3, 0.4) is 0 Å². The highest BCUT2D eigenvalue weighted by molar-refractivity contribution is 9.11. The number of aromatic carboxylic acids is 1. The molecule has 20 heavy (non-hydrogen) atoms. The summed E-state index contributed by atoms with van der Waals surface area (Å²) in [5.74, 6) is -0.271. The van der Waals surface area contributed by atoms with Gasteiger partial charge in [-0.05, 0) is 61.7 Å². The molecule has 0 saturated heterocycles. The van der Waals surface area contributed by atoms with Crippen molar-refractivity contribution in [2.45, 2.75) is 6.61 Å². The molecule has 0 fully saturated rings. The molecule has 0 aliphatic carbocycles. The first-order valence-electron chi connectivity index (χ1n) is 5.57. The van der Waals surface area contributed by atoms with Gasteiger partial charge in [-0.25, -0.2) is 4.79 Å².